The smallest absolute Gasteiger partial charge is 0.336 e. The van der Waals surface area contributed by atoms with Gasteiger partial charge in [0.1, 0.15) is 11.3 Å². The lowest BCUT2D eigenvalue weighted by atomic mass is 10.0. The molecular weight excluding hydrogens is 288 g/mol. The molecule has 0 fully saturated rings. The molecular formula is C20H24O3. The molecule has 2 aromatic rings. The van der Waals surface area contributed by atoms with Gasteiger partial charge in [-0.15, -0.1) is 0 Å². The Hall–Kier alpha value is -2.29. The number of fused-ring (bicyclic) bond motifs is 1. The maximum absolute atomic E-state index is 11.3. The van der Waals surface area contributed by atoms with E-state index in [2.05, 4.69) is 32.9 Å². The molecule has 0 saturated carbocycles. The predicted octanol–water partition coefficient (Wildman–Crippen LogP) is 5.04. The topological polar surface area (TPSA) is 39.4 Å². The Balaban J connectivity index is 2.20. The first kappa shape index (κ1) is 17.1. The van der Waals surface area contributed by atoms with Crippen LogP contribution in [0.1, 0.15) is 39.2 Å². The van der Waals surface area contributed by atoms with Crippen molar-refractivity contribution < 1.29 is 9.15 Å². The minimum Gasteiger partial charge on any atom is -0.496 e. The van der Waals surface area contributed by atoms with Crippen molar-refractivity contribution in [1.82, 2.24) is 0 Å². The van der Waals surface area contributed by atoms with Crippen LogP contribution in [0.15, 0.2) is 56.8 Å². The monoisotopic (exact) mass is 312 g/mol. The van der Waals surface area contributed by atoms with Gasteiger partial charge in [-0.05, 0) is 57.7 Å². The Labute approximate surface area is 137 Å². The third-order valence-electron chi connectivity index (χ3n) is 3.78. The highest BCUT2D eigenvalue weighted by molar-refractivity contribution is 5.79. The maximum atomic E-state index is 11.3. The Morgan fingerprint density at radius 2 is 1.96 bits per heavy atom. The number of methoxy groups -OCH3 is 1. The first-order valence-corrected chi connectivity index (χ1v) is 7.89. The Bertz CT molecular complexity index is 790. The summed E-state index contributed by atoms with van der Waals surface area (Å²) in [4.78, 5) is 11.3. The highest BCUT2D eigenvalue weighted by atomic mass is 16.5. The van der Waals surface area contributed by atoms with Gasteiger partial charge in [0.25, 0.3) is 0 Å². The van der Waals surface area contributed by atoms with E-state index in [1.54, 1.807) is 19.2 Å². The fraction of sp³-hybridized carbons (Fsp3) is 0.350. The molecule has 0 aliphatic rings. The average molecular weight is 312 g/mol. The van der Waals surface area contributed by atoms with Crippen LogP contribution in [0.25, 0.3) is 11.0 Å². The van der Waals surface area contributed by atoms with Crippen LogP contribution in [0.2, 0.25) is 0 Å². The second kappa shape index (κ2) is 7.82. The number of rotatable bonds is 6. The summed E-state index contributed by atoms with van der Waals surface area (Å²) in [7, 11) is 1.64. The van der Waals surface area contributed by atoms with E-state index in [1.807, 2.05) is 6.07 Å². The van der Waals surface area contributed by atoms with Crippen LogP contribution in [0.4, 0.5) is 0 Å². The van der Waals surface area contributed by atoms with Crippen LogP contribution in [-0.4, -0.2) is 7.11 Å². The molecule has 0 bridgehead atoms. The molecule has 3 heteroatoms. The molecule has 0 spiro atoms. The van der Waals surface area contributed by atoms with E-state index in [4.69, 9.17) is 9.15 Å². The summed E-state index contributed by atoms with van der Waals surface area (Å²) in [6, 6.07) is 7.05. The summed E-state index contributed by atoms with van der Waals surface area (Å²) in [6.45, 7) is 6.40. The summed E-state index contributed by atoms with van der Waals surface area (Å²) in [6.07, 6.45) is 7.44. The number of allylic oxidation sites excluding steroid dienone is 4. The lowest BCUT2D eigenvalue weighted by molar-refractivity contribution is 0.410. The van der Waals surface area contributed by atoms with Crippen molar-refractivity contribution in [3.63, 3.8) is 0 Å². The zero-order valence-corrected chi connectivity index (χ0v) is 14.3. The third kappa shape index (κ3) is 4.85. The zero-order chi connectivity index (χ0) is 16.8. The van der Waals surface area contributed by atoms with Crippen molar-refractivity contribution in [2.75, 3.05) is 7.11 Å². The number of hydrogen-bond donors (Lipinski definition) is 0. The van der Waals surface area contributed by atoms with Gasteiger partial charge >= 0.3 is 5.63 Å². The van der Waals surface area contributed by atoms with Gasteiger partial charge in [0.15, 0.2) is 0 Å². The minimum absolute atomic E-state index is 0.345. The molecule has 122 valence electrons. The molecule has 3 nitrogen and oxygen atoms in total. The van der Waals surface area contributed by atoms with E-state index >= 15 is 0 Å². The number of benzene rings is 1. The number of hydrogen-bond acceptors (Lipinski definition) is 3. The molecule has 1 aromatic carbocycles. The van der Waals surface area contributed by atoms with Crippen LogP contribution < -0.4 is 10.4 Å². The second-order valence-corrected chi connectivity index (χ2v) is 6.03. The lowest BCUT2D eigenvalue weighted by Crippen LogP contribution is -1.97. The molecule has 1 aromatic heterocycles. The van der Waals surface area contributed by atoms with Crippen molar-refractivity contribution in [2.24, 2.45) is 0 Å². The third-order valence-corrected chi connectivity index (χ3v) is 3.78. The van der Waals surface area contributed by atoms with Crippen molar-refractivity contribution in [3.05, 3.63) is 63.5 Å². The quantitative estimate of drug-likeness (QED) is 0.554. The van der Waals surface area contributed by atoms with E-state index < -0.39 is 0 Å². The maximum Gasteiger partial charge on any atom is 0.336 e. The predicted molar refractivity (Wildman–Crippen MR) is 95.2 cm³/mol. The van der Waals surface area contributed by atoms with Gasteiger partial charge in [-0.2, -0.15) is 0 Å². The summed E-state index contributed by atoms with van der Waals surface area (Å²) in [5, 5.41) is 0.913. The molecule has 1 heterocycles. The molecule has 2 rings (SSSR count). The molecule has 0 radical (unpaired) electrons. The lowest BCUT2D eigenvalue weighted by Gasteiger charge is -2.09. The fourth-order valence-corrected chi connectivity index (χ4v) is 2.47. The first-order valence-electron chi connectivity index (χ1n) is 7.89. The average Bonchev–Trinajstić information content (AvgIpc) is 2.51. The summed E-state index contributed by atoms with van der Waals surface area (Å²) >= 11 is 0. The van der Waals surface area contributed by atoms with Gasteiger partial charge in [0.2, 0.25) is 0 Å². The summed E-state index contributed by atoms with van der Waals surface area (Å²) in [5.41, 5.74) is 4.03. The molecule has 0 aliphatic carbocycles. The van der Waals surface area contributed by atoms with E-state index in [9.17, 15) is 4.79 Å². The molecule has 0 atom stereocenters. The summed E-state index contributed by atoms with van der Waals surface area (Å²) < 4.78 is 10.6. The van der Waals surface area contributed by atoms with Crippen LogP contribution in [-0.2, 0) is 6.42 Å². The Morgan fingerprint density at radius 3 is 2.65 bits per heavy atom. The van der Waals surface area contributed by atoms with E-state index in [1.165, 1.54) is 17.2 Å². The normalized spacial score (nSPS) is 11.6. The van der Waals surface area contributed by atoms with Gasteiger partial charge < -0.3 is 9.15 Å². The molecule has 0 aliphatic heterocycles. The molecule has 0 unspecified atom stereocenters. The fourth-order valence-electron chi connectivity index (χ4n) is 2.47. The van der Waals surface area contributed by atoms with Crippen molar-refractivity contribution in [3.8, 4) is 5.75 Å². The highest BCUT2D eigenvalue weighted by Gasteiger charge is 2.07. The van der Waals surface area contributed by atoms with Gasteiger partial charge in [-0.1, -0.05) is 23.3 Å². The van der Waals surface area contributed by atoms with Gasteiger partial charge in [-0.25, -0.2) is 4.79 Å². The minimum atomic E-state index is -0.345. The van der Waals surface area contributed by atoms with Crippen LogP contribution in [0, 0.1) is 0 Å². The second-order valence-electron chi connectivity index (χ2n) is 6.03. The molecule has 0 N–H and O–H groups in total. The van der Waals surface area contributed by atoms with Gasteiger partial charge in [0.05, 0.1) is 7.11 Å². The van der Waals surface area contributed by atoms with Crippen LogP contribution in [0.5, 0.6) is 5.75 Å². The standard InChI is InChI=1S/C20H24O3/c1-14(2)6-5-7-15(3)8-9-16-12-17-10-11-20(21)23-19(17)13-18(16)22-4/h6,8,10-13H,5,7,9H2,1-4H3/b15-8+. The van der Waals surface area contributed by atoms with Gasteiger partial charge in [-0.3, -0.25) is 0 Å². The van der Waals surface area contributed by atoms with E-state index in [0.717, 1.165) is 36.0 Å². The Morgan fingerprint density at radius 1 is 1.17 bits per heavy atom. The SMILES string of the molecule is COc1cc2oc(=O)ccc2cc1C/C=C(\C)CCC=C(C)C. The van der Waals surface area contributed by atoms with Crippen molar-refractivity contribution in [2.45, 2.75) is 40.0 Å². The largest absolute Gasteiger partial charge is 0.496 e. The van der Waals surface area contributed by atoms with E-state index in [-0.39, 0.29) is 5.63 Å². The molecule has 0 saturated heterocycles. The zero-order valence-electron chi connectivity index (χ0n) is 14.3. The first-order chi connectivity index (χ1) is 11.0. The van der Waals surface area contributed by atoms with Gasteiger partial charge in [0, 0.05) is 17.5 Å². The molecule has 0 amide bonds. The number of ether oxygens (including phenoxy) is 1. The van der Waals surface area contributed by atoms with Crippen molar-refractivity contribution >= 4 is 11.0 Å². The van der Waals surface area contributed by atoms with Crippen LogP contribution >= 0.6 is 0 Å². The van der Waals surface area contributed by atoms with Crippen molar-refractivity contribution in [1.29, 1.82) is 0 Å². The van der Waals surface area contributed by atoms with E-state index in [0.29, 0.717) is 5.58 Å². The Kier molecular flexibility index (Phi) is 5.80. The molecule has 23 heavy (non-hydrogen) atoms. The summed E-state index contributed by atoms with van der Waals surface area (Å²) in [5.74, 6) is 0.750. The highest BCUT2D eigenvalue weighted by Crippen LogP contribution is 2.26. The van der Waals surface area contributed by atoms with Crippen LogP contribution in [0.3, 0.4) is 0 Å².